The number of esters is 1. The van der Waals surface area contributed by atoms with Crippen molar-refractivity contribution < 1.29 is 9.53 Å². The number of piperidine rings is 1. The highest BCUT2D eigenvalue weighted by Crippen LogP contribution is 2.29. The number of hydrogen-bond acceptors (Lipinski definition) is 4. The Morgan fingerprint density at radius 1 is 1.09 bits per heavy atom. The molecule has 0 unspecified atom stereocenters. The minimum absolute atomic E-state index is 0.370. The molecule has 2 aromatic carbocycles. The maximum atomic E-state index is 11.7. The zero-order valence-electron chi connectivity index (χ0n) is 13.3. The molecule has 1 fully saturated rings. The Bertz CT molecular complexity index is 689. The Hall–Kier alpha value is -2.33. The van der Waals surface area contributed by atoms with Gasteiger partial charge in [0, 0.05) is 5.69 Å². The quantitative estimate of drug-likeness (QED) is 0.675. The molecule has 1 aliphatic heterocycles. The second-order valence-electron chi connectivity index (χ2n) is 5.98. The smallest absolute Gasteiger partial charge is 0.337 e. The molecule has 4 heteroatoms. The van der Waals surface area contributed by atoms with Gasteiger partial charge in [-0.25, -0.2) is 4.79 Å². The van der Waals surface area contributed by atoms with Crippen LogP contribution in [0.4, 0.5) is 5.69 Å². The predicted octanol–water partition coefficient (Wildman–Crippen LogP) is 3.19. The lowest BCUT2D eigenvalue weighted by Gasteiger charge is -2.23. The normalized spacial score (nSPS) is 15.3. The molecule has 0 saturated carbocycles. The van der Waals surface area contributed by atoms with Crippen LogP contribution < -0.4 is 11.1 Å². The Morgan fingerprint density at radius 3 is 2.43 bits per heavy atom. The van der Waals surface area contributed by atoms with E-state index in [9.17, 15) is 4.79 Å². The summed E-state index contributed by atoms with van der Waals surface area (Å²) < 4.78 is 4.78. The number of nitrogen functional groups attached to an aromatic ring is 1. The van der Waals surface area contributed by atoms with Gasteiger partial charge in [-0.1, -0.05) is 24.3 Å². The Labute approximate surface area is 136 Å². The van der Waals surface area contributed by atoms with E-state index in [0.717, 1.165) is 24.2 Å². The summed E-state index contributed by atoms with van der Waals surface area (Å²) in [6.45, 7) is 2.17. The molecule has 0 radical (unpaired) electrons. The first kappa shape index (κ1) is 15.6. The number of rotatable bonds is 3. The van der Waals surface area contributed by atoms with Crippen molar-refractivity contribution >= 4 is 11.7 Å². The van der Waals surface area contributed by atoms with Gasteiger partial charge in [-0.3, -0.25) is 0 Å². The van der Waals surface area contributed by atoms with Gasteiger partial charge < -0.3 is 15.8 Å². The maximum absolute atomic E-state index is 11.7. The van der Waals surface area contributed by atoms with Gasteiger partial charge in [-0.15, -0.1) is 0 Å². The summed E-state index contributed by atoms with van der Waals surface area (Å²) in [5.41, 5.74) is 10.3. The van der Waals surface area contributed by atoms with E-state index in [2.05, 4.69) is 29.6 Å². The molecule has 2 aromatic rings. The minimum atomic E-state index is -0.370. The number of carbonyl (C=O) groups is 1. The molecule has 0 aromatic heterocycles. The van der Waals surface area contributed by atoms with E-state index in [-0.39, 0.29) is 5.97 Å². The van der Waals surface area contributed by atoms with Crippen LogP contribution in [0.5, 0.6) is 0 Å². The van der Waals surface area contributed by atoms with Crippen molar-refractivity contribution in [1.29, 1.82) is 0 Å². The molecule has 1 aliphatic rings. The van der Waals surface area contributed by atoms with Crippen LogP contribution >= 0.6 is 0 Å². The topological polar surface area (TPSA) is 64.3 Å². The number of hydrogen-bond donors (Lipinski definition) is 2. The van der Waals surface area contributed by atoms with Crippen molar-refractivity contribution in [2.75, 3.05) is 25.9 Å². The van der Waals surface area contributed by atoms with E-state index in [1.54, 1.807) is 6.07 Å². The third kappa shape index (κ3) is 3.54. The highest BCUT2D eigenvalue weighted by Gasteiger charge is 2.15. The van der Waals surface area contributed by atoms with Crippen LogP contribution in [0, 0.1) is 0 Å². The number of nitrogens with one attached hydrogen (secondary N) is 1. The summed E-state index contributed by atoms with van der Waals surface area (Å²) in [4.78, 5) is 11.7. The SMILES string of the molecule is COC(=O)c1cc(N)cc(-c2ccc(C3CCNCC3)cc2)c1. The molecule has 0 bridgehead atoms. The van der Waals surface area contributed by atoms with Crippen LogP contribution in [0.15, 0.2) is 42.5 Å². The Morgan fingerprint density at radius 2 is 1.78 bits per heavy atom. The van der Waals surface area contributed by atoms with Gasteiger partial charge in [0.15, 0.2) is 0 Å². The summed E-state index contributed by atoms with van der Waals surface area (Å²) in [5, 5.41) is 3.39. The van der Waals surface area contributed by atoms with Crippen LogP contribution in [0.3, 0.4) is 0 Å². The summed E-state index contributed by atoms with van der Waals surface area (Å²) in [6, 6.07) is 13.9. The number of methoxy groups -OCH3 is 1. The van der Waals surface area contributed by atoms with Gasteiger partial charge >= 0.3 is 5.97 Å². The molecule has 4 nitrogen and oxygen atoms in total. The lowest BCUT2D eigenvalue weighted by atomic mass is 9.89. The van der Waals surface area contributed by atoms with Gasteiger partial charge in [0.1, 0.15) is 0 Å². The van der Waals surface area contributed by atoms with Gasteiger partial charge in [0.25, 0.3) is 0 Å². The molecule has 3 rings (SSSR count). The molecule has 1 heterocycles. The second kappa shape index (κ2) is 6.84. The number of ether oxygens (including phenoxy) is 1. The Balaban J connectivity index is 1.87. The number of nitrogens with two attached hydrogens (primary N) is 1. The van der Waals surface area contributed by atoms with Crippen molar-refractivity contribution in [2.24, 2.45) is 0 Å². The highest BCUT2D eigenvalue weighted by molar-refractivity contribution is 5.92. The molecular formula is C19H22N2O2. The first-order chi connectivity index (χ1) is 11.2. The molecule has 0 aliphatic carbocycles. The van der Waals surface area contributed by atoms with Crippen LogP contribution in [0.1, 0.15) is 34.7 Å². The molecular weight excluding hydrogens is 288 g/mol. The van der Waals surface area contributed by atoms with E-state index >= 15 is 0 Å². The highest BCUT2D eigenvalue weighted by atomic mass is 16.5. The number of carbonyl (C=O) groups excluding carboxylic acids is 1. The first-order valence-corrected chi connectivity index (χ1v) is 7.97. The lowest BCUT2D eigenvalue weighted by molar-refractivity contribution is 0.0601. The molecule has 3 N–H and O–H groups in total. The van der Waals surface area contributed by atoms with Gasteiger partial charge in [0.05, 0.1) is 12.7 Å². The molecule has 0 atom stereocenters. The van der Waals surface area contributed by atoms with Crippen LogP contribution in [0.25, 0.3) is 11.1 Å². The maximum Gasteiger partial charge on any atom is 0.337 e. The Kier molecular flexibility index (Phi) is 4.63. The van der Waals surface area contributed by atoms with Crippen molar-refractivity contribution in [3.63, 3.8) is 0 Å². The van der Waals surface area contributed by atoms with Gasteiger partial charge in [-0.05, 0) is 66.7 Å². The van der Waals surface area contributed by atoms with E-state index in [0.29, 0.717) is 17.2 Å². The molecule has 23 heavy (non-hydrogen) atoms. The predicted molar refractivity (Wildman–Crippen MR) is 92.5 cm³/mol. The average molecular weight is 310 g/mol. The fourth-order valence-corrected chi connectivity index (χ4v) is 3.16. The average Bonchev–Trinajstić information content (AvgIpc) is 2.61. The zero-order chi connectivity index (χ0) is 16.2. The van der Waals surface area contributed by atoms with E-state index in [1.165, 1.54) is 25.5 Å². The fraction of sp³-hybridized carbons (Fsp3) is 0.316. The molecule has 0 amide bonds. The van der Waals surface area contributed by atoms with Crippen molar-refractivity contribution in [1.82, 2.24) is 5.32 Å². The summed E-state index contributed by atoms with van der Waals surface area (Å²) >= 11 is 0. The monoisotopic (exact) mass is 310 g/mol. The molecule has 120 valence electrons. The van der Waals surface area contributed by atoms with Crippen LogP contribution in [-0.2, 0) is 4.74 Å². The molecule has 1 saturated heterocycles. The number of benzene rings is 2. The van der Waals surface area contributed by atoms with Crippen molar-refractivity contribution in [3.05, 3.63) is 53.6 Å². The van der Waals surface area contributed by atoms with Gasteiger partial charge in [-0.2, -0.15) is 0 Å². The zero-order valence-corrected chi connectivity index (χ0v) is 13.3. The van der Waals surface area contributed by atoms with E-state index in [4.69, 9.17) is 10.5 Å². The lowest BCUT2D eigenvalue weighted by Crippen LogP contribution is -2.26. The summed E-state index contributed by atoms with van der Waals surface area (Å²) in [5.74, 6) is 0.265. The standard InChI is InChI=1S/C19H22N2O2/c1-23-19(22)17-10-16(11-18(20)12-17)14-4-2-13(3-5-14)15-6-8-21-9-7-15/h2-5,10-12,15,21H,6-9,20H2,1H3. The van der Waals surface area contributed by atoms with Crippen LogP contribution in [-0.4, -0.2) is 26.2 Å². The van der Waals surface area contributed by atoms with Crippen molar-refractivity contribution in [2.45, 2.75) is 18.8 Å². The third-order valence-electron chi connectivity index (χ3n) is 4.43. The van der Waals surface area contributed by atoms with E-state index in [1.807, 2.05) is 12.1 Å². The van der Waals surface area contributed by atoms with Crippen LogP contribution in [0.2, 0.25) is 0 Å². The number of anilines is 1. The van der Waals surface area contributed by atoms with E-state index < -0.39 is 0 Å². The molecule has 0 spiro atoms. The summed E-state index contributed by atoms with van der Waals surface area (Å²) in [7, 11) is 1.37. The van der Waals surface area contributed by atoms with Crippen molar-refractivity contribution in [3.8, 4) is 11.1 Å². The second-order valence-corrected chi connectivity index (χ2v) is 5.98. The largest absolute Gasteiger partial charge is 0.465 e. The third-order valence-corrected chi connectivity index (χ3v) is 4.43. The van der Waals surface area contributed by atoms with Gasteiger partial charge in [0.2, 0.25) is 0 Å². The first-order valence-electron chi connectivity index (χ1n) is 7.97. The summed E-state index contributed by atoms with van der Waals surface area (Å²) in [6.07, 6.45) is 2.37. The fourth-order valence-electron chi connectivity index (χ4n) is 3.16. The minimum Gasteiger partial charge on any atom is -0.465 e.